The zero-order valence-corrected chi connectivity index (χ0v) is 18.5. The maximum absolute atomic E-state index is 13.3. The summed E-state index contributed by atoms with van der Waals surface area (Å²) in [4.78, 5) is 11.4. The monoisotopic (exact) mass is 441 g/mol. The Labute approximate surface area is 182 Å². The van der Waals surface area contributed by atoms with E-state index in [4.69, 9.17) is 4.52 Å². The zero-order valence-electron chi connectivity index (χ0n) is 17.7. The van der Waals surface area contributed by atoms with Crippen molar-refractivity contribution in [1.29, 1.82) is 0 Å². The lowest BCUT2D eigenvalue weighted by Gasteiger charge is -2.33. The number of aryl methyl sites for hydroxylation is 1. The number of benzene rings is 1. The fourth-order valence-corrected chi connectivity index (χ4v) is 6.18. The first-order valence-electron chi connectivity index (χ1n) is 10.9. The second kappa shape index (κ2) is 8.29. The number of fused-ring (bicyclic) bond motifs is 1. The van der Waals surface area contributed by atoms with Gasteiger partial charge in [0, 0.05) is 43.7 Å². The van der Waals surface area contributed by atoms with Crippen molar-refractivity contribution in [2.45, 2.75) is 50.0 Å². The smallest absolute Gasteiger partial charge is 0.245 e. The van der Waals surface area contributed by atoms with E-state index in [-0.39, 0.29) is 4.90 Å². The highest BCUT2D eigenvalue weighted by atomic mass is 32.2. The molecular formula is C22H27N5O3S. The Morgan fingerprint density at radius 3 is 2.68 bits per heavy atom. The summed E-state index contributed by atoms with van der Waals surface area (Å²) >= 11 is 0. The van der Waals surface area contributed by atoms with Gasteiger partial charge in [-0.3, -0.25) is 9.88 Å². The van der Waals surface area contributed by atoms with Gasteiger partial charge in [0.05, 0.1) is 12.1 Å². The molecule has 1 aliphatic heterocycles. The van der Waals surface area contributed by atoms with Crippen LogP contribution in [0, 0.1) is 6.92 Å². The molecule has 0 radical (unpaired) electrons. The maximum atomic E-state index is 13.3. The number of nitrogens with zero attached hydrogens (tertiary/aromatic N) is 5. The number of hydrogen-bond acceptors (Lipinski definition) is 7. The summed E-state index contributed by atoms with van der Waals surface area (Å²) in [5.74, 6) is 1.87. The van der Waals surface area contributed by atoms with Gasteiger partial charge in [-0.2, -0.15) is 9.29 Å². The third kappa shape index (κ3) is 4.09. The number of sulfonamides is 1. The van der Waals surface area contributed by atoms with Crippen molar-refractivity contribution in [2.24, 2.45) is 0 Å². The summed E-state index contributed by atoms with van der Waals surface area (Å²) in [5.41, 5.74) is 1.54. The average molecular weight is 442 g/mol. The molecule has 3 heterocycles. The lowest BCUT2D eigenvalue weighted by Crippen LogP contribution is -2.48. The Morgan fingerprint density at radius 2 is 1.90 bits per heavy atom. The second-order valence-corrected chi connectivity index (χ2v) is 10.5. The van der Waals surface area contributed by atoms with Crippen LogP contribution in [0.2, 0.25) is 0 Å². The lowest BCUT2D eigenvalue weighted by atomic mass is 10.1. The minimum atomic E-state index is -3.61. The molecule has 5 rings (SSSR count). The molecule has 1 saturated heterocycles. The first-order valence-corrected chi connectivity index (χ1v) is 12.3. The van der Waals surface area contributed by atoms with Crippen LogP contribution < -0.4 is 0 Å². The van der Waals surface area contributed by atoms with Crippen LogP contribution >= 0.6 is 0 Å². The van der Waals surface area contributed by atoms with Crippen LogP contribution in [0.5, 0.6) is 0 Å². The highest BCUT2D eigenvalue weighted by molar-refractivity contribution is 7.89. The van der Waals surface area contributed by atoms with Crippen molar-refractivity contribution < 1.29 is 12.9 Å². The minimum Gasteiger partial charge on any atom is -0.338 e. The quantitative estimate of drug-likeness (QED) is 0.601. The molecule has 164 valence electrons. The van der Waals surface area contributed by atoms with Crippen molar-refractivity contribution in [2.75, 3.05) is 26.2 Å². The molecule has 2 aromatic heterocycles. The van der Waals surface area contributed by atoms with Gasteiger partial charge in [0.2, 0.25) is 15.9 Å². The molecule has 0 atom stereocenters. The van der Waals surface area contributed by atoms with E-state index in [0.29, 0.717) is 50.0 Å². The van der Waals surface area contributed by atoms with E-state index < -0.39 is 10.0 Å². The third-order valence-electron chi connectivity index (χ3n) is 6.32. The Kier molecular flexibility index (Phi) is 5.49. The molecule has 8 nitrogen and oxygen atoms in total. The number of rotatable bonds is 5. The van der Waals surface area contributed by atoms with Gasteiger partial charge in [-0.1, -0.05) is 30.1 Å². The van der Waals surface area contributed by atoms with E-state index in [9.17, 15) is 8.42 Å². The van der Waals surface area contributed by atoms with Crippen molar-refractivity contribution in [3.05, 3.63) is 47.7 Å². The number of hydrogen-bond donors (Lipinski definition) is 0. The summed E-state index contributed by atoms with van der Waals surface area (Å²) in [7, 11) is -3.61. The fourth-order valence-electron chi connectivity index (χ4n) is 4.59. The van der Waals surface area contributed by atoms with E-state index in [2.05, 4.69) is 20.0 Å². The first kappa shape index (κ1) is 20.5. The van der Waals surface area contributed by atoms with Gasteiger partial charge in [0.1, 0.15) is 4.90 Å². The summed E-state index contributed by atoms with van der Waals surface area (Å²) < 4.78 is 33.7. The molecule has 0 unspecified atom stereocenters. The molecule has 1 aliphatic carbocycles. The molecule has 9 heteroatoms. The molecular weight excluding hydrogens is 414 g/mol. The van der Waals surface area contributed by atoms with Gasteiger partial charge in [-0.15, -0.1) is 0 Å². The zero-order chi connectivity index (χ0) is 21.4. The highest BCUT2D eigenvalue weighted by Crippen LogP contribution is 2.32. The van der Waals surface area contributed by atoms with Gasteiger partial charge in [0.25, 0.3) is 0 Å². The van der Waals surface area contributed by atoms with E-state index in [1.165, 1.54) is 12.8 Å². The van der Waals surface area contributed by atoms with Crippen molar-refractivity contribution in [3.8, 4) is 0 Å². The Hall–Kier alpha value is -2.36. The Bertz CT molecular complexity index is 1180. The van der Waals surface area contributed by atoms with Crippen LogP contribution in [-0.4, -0.2) is 58.9 Å². The molecule has 1 saturated carbocycles. The molecule has 2 aliphatic rings. The molecule has 3 aromatic rings. The third-order valence-corrected chi connectivity index (χ3v) is 8.25. The Balaban J connectivity index is 1.26. The first-order chi connectivity index (χ1) is 15.0. The van der Waals surface area contributed by atoms with Crippen LogP contribution in [0.1, 0.15) is 48.9 Å². The topological polar surface area (TPSA) is 92.4 Å². The number of piperazine rings is 1. The number of aromatic nitrogens is 3. The molecule has 1 aromatic carbocycles. The van der Waals surface area contributed by atoms with Crippen molar-refractivity contribution in [1.82, 2.24) is 24.3 Å². The predicted octanol–water partition coefficient (Wildman–Crippen LogP) is 3.09. The molecule has 31 heavy (non-hydrogen) atoms. The molecule has 2 fully saturated rings. The van der Waals surface area contributed by atoms with Crippen molar-refractivity contribution >= 4 is 20.9 Å². The fraction of sp³-hybridized carbons (Fsp3) is 0.500. The van der Waals surface area contributed by atoms with Gasteiger partial charge in [0.15, 0.2) is 5.82 Å². The van der Waals surface area contributed by atoms with Gasteiger partial charge in [-0.05, 0) is 37.5 Å². The van der Waals surface area contributed by atoms with Crippen LogP contribution in [0.25, 0.3) is 10.9 Å². The second-order valence-electron chi connectivity index (χ2n) is 8.55. The average Bonchev–Trinajstić information content (AvgIpc) is 3.45. The summed E-state index contributed by atoms with van der Waals surface area (Å²) in [6, 6.07) is 7.29. The van der Waals surface area contributed by atoms with Crippen LogP contribution in [-0.2, 0) is 16.6 Å². The molecule has 0 N–H and O–H groups in total. The number of pyridine rings is 1. The molecule has 0 bridgehead atoms. The largest absolute Gasteiger partial charge is 0.338 e. The normalized spacial score (nSPS) is 19.4. The van der Waals surface area contributed by atoms with Crippen LogP contribution in [0.4, 0.5) is 0 Å². The van der Waals surface area contributed by atoms with Gasteiger partial charge < -0.3 is 4.52 Å². The van der Waals surface area contributed by atoms with E-state index in [1.807, 2.05) is 19.1 Å². The van der Waals surface area contributed by atoms with Gasteiger partial charge in [-0.25, -0.2) is 8.42 Å². The van der Waals surface area contributed by atoms with E-state index in [1.54, 1.807) is 22.6 Å². The van der Waals surface area contributed by atoms with Crippen LogP contribution in [0.15, 0.2) is 39.9 Å². The predicted molar refractivity (Wildman–Crippen MR) is 116 cm³/mol. The minimum absolute atomic E-state index is 0.275. The summed E-state index contributed by atoms with van der Waals surface area (Å²) in [6.07, 6.45) is 6.45. The maximum Gasteiger partial charge on any atom is 0.245 e. The molecule has 0 amide bonds. The van der Waals surface area contributed by atoms with E-state index >= 15 is 0 Å². The lowest BCUT2D eigenvalue weighted by molar-refractivity contribution is 0.163. The van der Waals surface area contributed by atoms with Crippen LogP contribution in [0.3, 0.4) is 0 Å². The summed E-state index contributed by atoms with van der Waals surface area (Å²) in [6.45, 7) is 4.60. The standard InChI is InChI=1S/C22H27N5O3S/c1-16-13-18-7-4-8-19(21(18)23-14-16)31(28,29)27-11-9-26(10-12-27)15-20-24-22(25-30-20)17-5-2-3-6-17/h4,7-8,13-14,17H,2-3,5-6,9-12,15H2,1H3. The van der Waals surface area contributed by atoms with Gasteiger partial charge >= 0.3 is 0 Å². The highest BCUT2D eigenvalue weighted by Gasteiger charge is 2.31. The Morgan fingerprint density at radius 1 is 1.13 bits per heavy atom. The molecule has 0 spiro atoms. The summed E-state index contributed by atoms with van der Waals surface area (Å²) in [5, 5.41) is 5.01. The van der Waals surface area contributed by atoms with E-state index in [0.717, 1.165) is 29.6 Å². The van der Waals surface area contributed by atoms with Crippen molar-refractivity contribution in [3.63, 3.8) is 0 Å². The SMILES string of the molecule is Cc1cnc2c(S(=O)(=O)N3CCN(Cc4nc(C5CCCC5)no4)CC3)cccc2c1. The number of para-hydroxylation sites is 1.